The summed E-state index contributed by atoms with van der Waals surface area (Å²) in [7, 11) is 1.56. The van der Waals surface area contributed by atoms with Crippen LogP contribution in [-0.2, 0) is 20.8 Å². The standard InChI is InChI=1S/C27H35N5O5S2/c1-37-20-9-7-17(8-10-20)13-22(25(28)34)31-26(35)23-15-19(29-24(33)16-38-2)11-12-32(23)27(36)30-18-5-4-6-21(14-18)39-3/h4-10,14,19,22-23H,11-13,15-16H2,1-3H3,(H2,28,34)(H,29,33)(H,30,36)(H,31,35). The van der Waals surface area contributed by atoms with Crippen LogP contribution in [0.3, 0.4) is 0 Å². The van der Waals surface area contributed by atoms with E-state index >= 15 is 0 Å². The molecule has 210 valence electrons. The van der Waals surface area contributed by atoms with Crippen LogP contribution in [0.25, 0.3) is 0 Å². The topological polar surface area (TPSA) is 143 Å². The lowest BCUT2D eigenvalue weighted by atomic mass is 9.95. The zero-order valence-electron chi connectivity index (χ0n) is 22.3. The van der Waals surface area contributed by atoms with E-state index in [0.717, 1.165) is 10.5 Å². The van der Waals surface area contributed by atoms with Gasteiger partial charge >= 0.3 is 6.03 Å². The number of nitrogens with zero attached hydrogens (tertiary/aromatic N) is 1. The molecule has 2 aromatic rings. The molecular formula is C27H35N5O5S2. The van der Waals surface area contributed by atoms with Crippen LogP contribution in [0.5, 0.6) is 5.75 Å². The molecule has 1 fully saturated rings. The molecule has 0 radical (unpaired) electrons. The van der Waals surface area contributed by atoms with Crippen LogP contribution in [0.1, 0.15) is 18.4 Å². The lowest BCUT2D eigenvalue weighted by Gasteiger charge is -2.39. The van der Waals surface area contributed by atoms with E-state index in [1.54, 1.807) is 49.2 Å². The van der Waals surface area contributed by atoms with Crippen LogP contribution >= 0.6 is 23.5 Å². The molecule has 0 aliphatic carbocycles. The van der Waals surface area contributed by atoms with E-state index in [2.05, 4.69) is 16.0 Å². The molecule has 12 heteroatoms. The van der Waals surface area contributed by atoms with E-state index < -0.39 is 29.9 Å². The second kappa shape index (κ2) is 14.7. The Kier molecular flexibility index (Phi) is 11.4. The number of carbonyl (C=O) groups is 4. The van der Waals surface area contributed by atoms with Crippen LogP contribution in [0, 0.1) is 0 Å². The Morgan fingerprint density at radius 2 is 1.87 bits per heavy atom. The first-order chi connectivity index (χ1) is 18.7. The van der Waals surface area contributed by atoms with Crippen molar-refractivity contribution in [2.24, 2.45) is 5.73 Å². The van der Waals surface area contributed by atoms with Gasteiger partial charge in [-0.2, -0.15) is 11.8 Å². The first-order valence-corrected chi connectivity index (χ1v) is 15.1. The molecule has 3 rings (SSSR count). The van der Waals surface area contributed by atoms with Crippen molar-refractivity contribution in [2.75, 3.05) is 37.2 Å². The minimum atomic E-state index is -0.986. The zero-order chi connectivity index (χ0) is 28.4. The largest absolute Gasteiger partial charge is 0.497 e. The number of carbonyl (C=O) groups excluding carboxylic acids is 4. The van der Waals surface area contributed by atoms with Gasteiger partial charge in [0.25, 0.3) is 0 Å². The molecule has 1 heterocycles. The Morgan fingerprint density at radius 1 is 1.13 bits per heavy atom. The lowest BCUT2D eigenvalue weighted by Crippen LogP contribution is -2.60. The SMILES string of the molecule is COc1ccc(CC(NC(=O)C2CC(NC(=O)CSC)CCN2C(=O)Nc2cccc(SC)c2)C(N)=O)cc1. The number of benzene rings is 2. The summed E-state index contributed by atoms with van der Waals surface area (Å²) in [6.07, 6.45) is 4.66. The summed E-state index contributed by atoms with van der Waals surface area (Å²) in [5, 5.41) is 8.57. The smallest absolute Gasteiger partial charge is 0.322 e. The Bertz CT molecular complexity index is 1160. The average molecular weight is 574 g/mol. The predicted molar refractivity (Wildman–Crippen MR) is 155 cm³/mol. The highest BCUT2D eigenvalue weighted by Gasteiger charge is 2.38. The fourth-order valence-electron chi connectivity index (χ4n) is 4.37. The first kappa shape index (κ1) is 30.2. The number of likely N-dealkylation sites (tertiary alicyclic amines) is 1. The molecule has 10 nitrogen and oxygen atoms in total. The van der Waals surface area contributed by atoms with Crippen molar-refractivity contribution in [3.63, 3.8) is 0 Å². The van der Waals surface area contributed by atoms with E-state index in [-0.39, 0.29) is 31.3 Å². The summed E-state index contributed by atoms with van der Waals surface area (Å²) in [5.74, 6) is -0.365. The second-order valence-electron chi connectivity index (χ2n) is 9.11. The number of nitrogens with two attached hydrogens (primary N) is 1. The van der Waals surface area contributed by atoms with Gasteiger partial charge in [0.05, 0.1) is 12.9 Å². The molecule has 1 saturated heterocycles. The van der Waals surface area contributed by atoms with Crippen molar-refractivity contribution in [1.29, 1.82) is 0 Å². The zero-order valence-corrected chi connectivity index (χ0v) is 23.9. The van der Waals surface area contributed by atoms with Gasteiger partial charge in [0, 0.05) is 29.6 Å². The van der Waals surface area contributed by atoms with Crippen molar-refractivity contribution in [1.82, 2.24) is 15.5 Å². The molecule has 3 unspecified atom stereocenters. The third kappa shape index (κ3) is 8.82. The van der Waals surface area contributed by atoms with Crippen LogP contribution in [0.2, 0.25) is 0 Å². The first-order valence-electron chi connectivity index (χ1n) is 12.5. The van der Waals surface area contributed by atoms with Crippen molar-refractivity contribution in [3.05, 3.63) is 54.1 Å². The van der Waals surface area contributed by atoms with E-state index in [4.69, 9.17) is 10.5 Å². The highest BCUT2D eigenvalue weighted by atomic mass is 32.2. The third-order valence-corrected chi connectivity index (χ3v) is 7.66. The van der Waals surface area contributed by atoms with Crippen molar-refractivity contribution < 1.29 is 23.9 Å². The molecule has 2 aromatic carbocycles. The number of ether oxygens (including phenoxy) is 1. The fraction of sp³-hybridized carbons (Fsp3) is 0.407. The normalized spacial score (nSPS) is 17.6. The van der Waals surface area contributed by atoms with Crippen LogP contribution < -0.4 is 26.4 Å². The van der Waals surface area contributed by atoms with Crippen LogP contribution in [0.15, 0.2) is 53.4 Å². The van der Waals surface area contributed by atoms with Crippen LogP contribution in [-0.4, -0.2) is 78.7 Å². The van der Waals surface area contributed by atoms with Gasteiger partial charge in [-0.15, -0.1) is 11.8 Å². The number of methoxy groups -OCH3 is 1. The van der Waals surface area contributed by atoms with Gasteiger partial charge in [-0.1, -0.05) is 18.2 Å². The van der Waals surface area contributed by atoms with Gasteiger partial charge in [0.15, 0.2) is 0 Å². The minimum absolute atomic E-state index is 0.132. The summed E-state index contributed by atoms with van der Waals surface area (Å²) in [5.41, 5.74) is 7.03. The molecule has 5 N–H and O–H groups in total. The van der Waals surface area contributed by atoms with Gasteiger partial charge < -0.3 is 31.3 Å². The number of thioether (sulfide) groups is 2. The second-order valence-corrected chi connectivity index (χ2v) is 10.9. The van der Waals surface area contributed by atoms with Gasteiger partial charge in [0.2, 0.25) is 17.7 Å². The number of amides is 5. The number of nitrogens with one attached hydrogen (secondary N) is 3. The van der Waals surface area contributed by atoms with Gasteiger partial charge in [0.1, 0.15) is 17.8 Å². The van der Waals surface area contributed by atoms with Gasteiger partial charge in [-0.3, -0.25) is 14.4 Å². The maximum absolute atomic E-state index is 13.5. The minimum Gasteiger partial charge on any atom is -0.497 e. The summed E-state index contributed by atoms with van der Waals surface area (Å²) in [4.78, 5) is 53.8. The number of primary amides is 1. The van der Waals surface area contributed by atoms with Gasteiger partial charge in [-0.25, -0.2) is 4.79 Å². The number of hydrogen-bond acceptors (Lipinski definition) is 7. The lowest BCUT2D eigenvalue weighted by molar-refractivity contribution is -0.131. The monoisotopic (exact) mass is 573 g/mol. The van der Waals surface area contributed by atoms with Crippen molar-refractivity contribution >= 4 is 53.0 Å². The molecule has 0 spiro atoms. The third-order valence-electron chi connectivity index (χ3n) is 6.39. The number of piperidine rings is 1. The van der Waals surface area contributed by atoms with E-state index in [1.165, 1.54) is 16.7 Å². The molecule has 1 aliphatic heterocycles. The molecule has 0 bridgehead atoms. The molecule has 39 heavy (non-hydrogen) atoms. The Labute approximate surface area is 237 Å². The number of rotatable bonds is 11. The highest BCUT2D eigenvalue weighted by Crippen LogP contribution is 2.23. The van der Waals surface area contributed by atoms with E-state index in [9.17, 15) is 19.2 Å². The Hall–Kier alpha value is -3.38. The van der Waals surface area contributed by atoms with E-state index in [1.807, 2.05) is 30.7 Å². The molecular weight excluding hydrogens is 538 g/mol. The van der Waals surface area contributed by atoms with E-state index in [0.29, 0.717) is 23.6 Å². The highest BCUT2D eigenvalue weighted by molar-refractivity contribution is 7.99. The molecule has 5 amide bonds. The summed E-state index contributed by atoms with van der Waals surface area (Å²) < 4.78 is 5.17. The maximum atomic E-state index is 13.5. The van der Waals surface area contributed by atoms with Crippen molar-refractivity contribution in [2.45, 2.75) is 42.3 Å². The fourth-order valence-corrected chi connectivity index (χ4v) is 5.18. The van der Waals surface area contributed by atoms with Crippen molar-refractivity contribution in [3.8, 4) is 5.75 Å². The number of hydrogen-bond donors (Lipinski definition) is 4. The van der Waals surface area contributed by atoms with Gasteiger partial charge in [-0.05, 0) is 61.2 Å². The number of urea groups is 1. The molecule has 1 aliphatic rings. The summed E-state index contributed by atoms with van der Waals surface area (Å²) >= 11 is 2.95. The molecule has 0 aromatic heterocycles. The Balaban J connectivity index is 1.77. The quantitative estimate of drug-likeness (QED) is 0.303. The summed E-state index contributed by atoms with van der Waals surface area (Å²) in [6.45, 7) is 0.246. The number of anilines is 1. The molecule has 3 atom stereocenters. The van der Waals surface area contributed by atoms with Crippen LogP contribution in [0.4, 0.5) is 10.5 Å². The average Bonchev–Trinajstić information content (AvgIpc) is 2.93. The summed E-state index contributed by atoms with van der Waals surface area (Å²) in [6, 6.07) is 11.9. The maximum Gasteiger partial charge on any atom is 0.322 e. The predicted octanol–water partition coefficient (Wildman–Crippen LogP) is 2.47. The Morgan fingerprint density at radius 3 is 2.51 bits per heavy atom. The molecule has 0 saturated carbocycles.